The third-order valence-corrected chi connectivity index (χ3v) is 3.81. The molecule has 116 valence electrons. The molecular formula is C16H13N3O3S. The van der Waals surface area contributed by atoms with Gasteiger partial charge in [0.25, 0.3) is 0 Å². The predicted molar refractivity (Wildman–Crippen MR) is 90.0 cm³/mol. The van der Waals surface area contributed by atoms with Crippen LogP contribution in [0.2, 0.25) is 0 Å². The fourth-order valence-electron chi connectivity index (χ4n) is 1.97. The predicted octanol–water partition coefficient (Wildman–Crippen LogP) is 3.87. The van der Waals surface area contributed by atoms with Gasteiger partial charge in [0.2, 0.25) is 0 Å². The first kappa shape index (κ1) is 15.0. The molecule has 0 radical (unpaired) electrons. The van der Waals surface area contributed by atoms with Crippen LogP contribution in [0.5, 0.6) is 5.75 Å². The molecule has 0 saturated carbocycles. The normalized spacial score (nSPS) is 10.3. The van der Waals surface area contributed by atoms with Crippen LogP contribution in [0.4, 0.5) is 15.6 Å². The van der Waals surface area contributed by atoms with Gasteiger partial charge in [-0.05, 0) is 24.3 Å². The van der Waals surface area contributed by atoms with Crippen molar-refractivity contribution in [2.75, 3.05) is 10.6 Å². The van der Waals surface area contributed by atoms with E-state index in [4.69, 9.17) is 4.74 Å². The maximum atomic E-state index is 11.9. The molecule has 0 bridgehead atoms. The number of ether oxygens (including phenoxy) is 1. The maximum Gasteiger partial charge on any atom is 0.325 e. The van der Waals surface area contributed by atoms with Gasteiger partial charge in [-0.1, -0.05) is 29.5 Å². The smallest absolute Gasteiger partial charge is 0.325 e. The number of hydrogen-bond donors (Lipinski definition) is 2. The molecule has 2 N–H and O–H groups in total. The molecule has 23 heavy (non-hydrogen) atoms. The van der Waals surface area contributed by atoms with Crippen LogP contribution in [0.3, 0.4) is 0 Å². The Hall–Kier alpha value is -2.93. The van der Waals surface area contributed by atoms with Crippen molar-refractivity contribution in [2.45, 2.75) is 6.92 Å². The lowest BCUT2D eigenvalue weighted by Gasteiger charge is -2.04. The quantitative estimate of drug-likeness (QED) is 0.565. The second kappa shape index (κ2) is 6.45. The van der Waals surface area contributed by atoms with Gasteiger partial charge >= 0.3 is 12.0 Å². The summed E-state index contributed by atoms with van der Waals surface area (Å²) >= 11 is 1.30. The molecule has 0 unspecified atom stereocenters. The second-order valence-electron chi connectivity index (χ2n) is 4.69. The summed E-state index contributed by atoms with van der Waals surface area (Å²) in [6.07, 6.45) is 0. The van der Waals surface area contributed by atoms with Crippen molar-refractivity contribution in [1.82, 2.24) is 4.98 Å². The molecule has 0 aliphatic carbocycles. The number of hydrogen-bond acceptors (Lipinski definition) is 5. The van der Waals surface area contributed by atoms with E-state index in [1.165, 1.54) is 18.3 Å². The Labute approximate surface area is 136 Å². The first-order valence-electron chi connectivity index (χ1n) is 6.82. The first-order valence-corrected chi connectivity index (χ1v) is 7.64. The number of urea groups is 1. The lowest BCUT2D eigenvalue weighted by molar-refractivity contribution is -0.131. The number of benzene rings is 2. The Morgan fingerprint density at radius 1 is 1.09 bits per heavy atom. The number of carbonyl (C=O) groups is 2. The van der Waals surface area contributed by atoms with Gasteiger partial charge in [0, 0.05) is 18.7 Å². The Bertz CT molecular complexity index is 861. The Morgan fingerprint density at radius 3 is 2.61 bits per heavy atom. The monoisotopic (exact) mass is 327 g/mol. The van der Waals surface area contributed by atoms with E-state index in [9.17, 15) is 9.59 Å². The molecule has 6 nitrogen and oxygen atoms in total. The van der Waals surface area contributed by atoms with Gasteiger partial charge in [-0.2, -0.15) is 0 Å². The number of nitrogens with one attached hydrogen (secondary N) is 2. The molecule has 0 saturated heterocycles. The topological polar surface area (TPSA) is 80.3 Å². The van der Waals surface area contributed by atoms with Crippen LogP contribution in [0.1, 0.15) is 6.92 Å². The van der Waals surface area contributed by atoms with Gasteiger partial charge in [0.1, 0.15) is 5.75 Å². The van der Waals surface area contributed by atoms with Gasteiger partial charge < -0.3 is 10.1 Å². The minimum absolute atomic E-state index is 0.365. The summed E-state index contributed by atoms with van der Waals surface area (Å²) in [5.74, 6) is 0.0726. The molecule has 0 spiro atoms. The Kier molecular flexibility index (Phi) is 4.20. The first-order chi connectivity index (χ1) is 11.1. The highest BCUT2D eigenvalue weighted by atomic mass is 32.1. The third-order valence-electron chi connectivity index (χ3n) is 2.87. The van der Waals surface area contributed by atoms with Crippen LogP contribution < -0.4 is 15.4 Å². The van der Waals surface area contributed by atoms with Crippen molar-refractivity contribution in [2.24, 2.45) is 0 Å². The number of amides is 2. The highest BCUT2D eigenvalue weighted by Gasteiger charge is 2.09. The standard InChI is InChI=1S/C16H13N3O3S/c1-10(20)22-12-7-8-13-14(9-12)23-16(18-13)19-15(21)17-11-5-3-2-4-6-11/h2-9H,1H3,(H2,17,18,19,21). The summed E-state index contributed by atoms with van der Waals surface area (Å²) in [7, 11) is 0. The van der Waals surface area contributed by atoms with Crippen LogP contribution in [-0.4, -0.2) is 17.0 Å². The van der Waals surface area contributed by atoms with E-state index in [-0.39, 0.29) is 12.0 Å². The van der Waals surface area contributed by atoms with Crippen LogP contribution in [-0.2, 0) is 4.79 Å². The van der Waals surface area contributed by atoms with Crippen molar-refractivity contribution in [1.29, 1.82) is 0 Å². The van der Waals surface area contributed by atoms with E-state index >= 15 is 0 Å². The average molecular weight is 327 g/mol. The number of rotatable bonds is 3. The molecule has 3 aromatic rings. The number of thiazole rings is 1. The van der Waals surface area contributed by atoms with Crippen molar-refractivity contribution in [3.8, 4) is 5.75 Å². The number of esters is 1. The second-order valence-corrected chi connectivity index (χ2v) is 5.72. The number of anilines is 2. The Balaban J connectivity index is 1.73. The van der Waals surface area contributed by atoms with E-state index in [1.54, 1.807) is 30.3 Å². The molecule has 2 aromatic carbocycles. The summed E-state index contributed by atoms with van der Waals surface area (Å²) < 4.78 is 5.85. The van der Waals surface area contributed by atoms with Crippen molar-refractivity contribution in [3.63, 3.8) is 0 Å². The fraction of sp³-hybridized carbons (Fsp3) is 0.0625. The SMILES string of the molecule is CC(=O)Oc1ccc2nc(NC(=O)Nc3ccccc3)sc2c1. The van der Waals surface area contributed by atoms with Crippen molar-refractivity contribution >= 4 is 44.4 Å². The number of para-hydroxylation sites is 1. The van der Waals surface area contributed by atoms with E-state index in [1.807, 2.05) is 18.2 Å². The van der Waals surface area contributed by atoms with Crippen LogP contribution in [0.15, 0.2) is 48.5 Å². The largest absolute Gasteiger partial charge is 0.427 e. The van der Waals surface area contributed by atoms with Crippen LogP contribution >= 0.6 is 11.3 Å². The lowest BCUT2D eigenvalue weighted by atomic mass is 10.3. The number of nitrogens with zero attached hydrogens (tertiary/aromatic N) is 1. The lowest BCUT2D eigenvalue weighted by Crippen LogP contribution is -2.19. The summed E-state index contributed by atoms with van der Waals surface area (Å²) in [5, 5.41) is 5.88. The third kappa shape index (κ3) is 3.83. The minimum Gasteiger partial charge on any atom is -0.427 e. The van der Waals surface area contributed by atoms with Gasteiger partial charge in [-0.15, -0.1) is 0 Å². The van der Waals surface area contributed by atoms with E-state index in [0.29, 0.717) is 16.6 Å². The fourth-order valence-corrected chi connectivity index (χ4v) is 2.86. The summed E-state index contributed by atoms with van der Waals surface area (Å²) in [6.45, 7) is 1.35. The molecule has 0 fully saturated rings. The van der Waals surface area contributed by atoms with Gasteiger partial charge in [0.15, 0.2) is 5.13 Å². The summed E-state index contributed by atoms with van der Waals surface area (Å²) in [6, 6.07) is 13.9. The van der Waals surface area contributed by atoms with Crippen molar-refractivity contribution < 1.29 is 14.3 Å². The molecule has 3 rings (SSSR count). The van der Waals surface area contributed by atoms with Crippen LogP contribution in [0.25, 0.3) is 10.2 Å². The zero-order chi connectivity index (χ0) is 16.2. The number of aromatic nitrogens is 1. The van der Waals surface area contributed by atoms with E-state index in [0.717, 1.165) is 10.2 Å². The highest BCUT2D eigenvalue weighted by Crippen LogP contribution is 2.29. The van der Waals surface area contributed by atoms with Crippen LogP contribution in [0, 0.1) is 0 Å². The molecular weight excluding hydrogens is 314 g/mol. The van der Waals surface area contributed by atoms with Gasteiger partial charge in [0.05, 0.1) is 10.2 Å². The van der Waals surface area contributed by atoms with Gasteiger partial charge in [-0.25, -0.2) is 9.78 Å². The van der Waals surface area contributed by atoms with Gasteiger partial charge in [-0.3, -0.25) is 10.1 Å². The Morgan fingerprint density at radius 2 is 1.87 bits per heavy atom. The maximum absolute atomic E-state index is 11.9. The minimum atomic E-state index is -0.380. The molecule has 1 heterocycles. The summed E-state index contributed by atoms with van der Waals surface area (Å²) in [4.78, 5) is 27.2. The highest BCUT2D eigenvalue weighted by molar-refractivity contribution is 7.22. The molecule has 2 amide bonds. The van der Waals surface area contributed by atoms with E-state index < -0.39 is 0 Å². The van der Waals surface area contributed by atoms with E-state index in [2.05, 4.69) is 15.6 Å². The molecule has 0 atom stereocenters. The molecule has 0 aliphatic heterocycles. The zero-order valence-corrected chi connectivity index (χ0v) is 13.0. The summed E-state index contributed by atoms with van der Waals surface area (Å²) in [5.41, 5.74) is 1.42. The molecule has 0 aliphatic rings. The average Bonchev–Trinajstić information content (AvgIpc) is 2.88. The molecule has 1 aromatic heterocycles. The van der Waals surface area contributed by atoms with Crippen molar-refractivity contribution in [3.05, 3.63) is 48.5 Å². The number of carbonyl (C=O) groups excluding carboxylic acids is 2. The molecule has 7 heteroatoms. The number of fused-ring (bicyclic) bond motifs is 1. The zero-order valence-electron chi connectivity index (χ0n) is 12.2.